The van der Waals surface area contributed by atoms with Gasteiger partial charge in [-0.2, -0.15) is 11.8 Å². The van der Waals surface area contributed by atoms with Crippen molar-refractivity contribution in [1.29, 1.82) is 0 Å². The van der Waals surface area contributed by atoms with E-state index in [-0.39, 0.29) is 0 Å². The first kappa shape index (κ1) is 12.3. The summed E-state index contributed by atoms with van der Waals surface area (Å²) in [7, 11) is 0. The number of hydrogen-bond donors (Lipinski definition) is 1. The molecule has 0 saturated heterocycles. The third-order valence-electron chi connectivity index (χ3n) is 2.99. The van der Waals surface area contributed by atoms with Crippen LogP contribution in [0.15, 0.2) is 23.1 Å². The van der Waals surface area contributed by atoms with Crippen molar-refractivity contribution >= 4 is 23.5 Å². The van der Waals surface area contributed by atoms with Gasteiger partial charge in [0.2, 0.25) is 0 Å². The molecular formula is C13H19NS2. The van der Waals surface area contributed by atoms with Crippen molar-refractivity contribution in [2.24, 2.45) is 0 Å². The fourth-order valence-electron chi connectivity index (χ4n) is 2.15. The Kier molecular flexibility index (Phi) is 4.62. The SMILES string of the molecule is CCNC1CCSCc2ccc(SC)cc21. The van der Waals surface area contributed by atoms with Crippen LogP contribution in [0.1, 0.15) is 30.5 Å². The summed E-state index contributed by atoms with van der Waals surface area (Å²) in [5, 5.41) is 3.61. The van der Waals surface area contributed by atoms with E-state index in [9.17, 15) is 0 Å². The highest BCUT2D eigenvalue weighted by Crippen LogP contribution is 2.32. The minimum absolute atomic E-state index is 0.557. The van der Waals surface area contributed by atoms with Crippen molar-refractivity contribution < 1.29 is 0 Å². The Hall–Kier alpha value is -0.120. The van der Waals surface area contributed by atoms with Crippen molar-refractivity contribution in [3.05, 3.63) is 29.3 Å². The van der Waals surface area contributed by atoms with Crippen molar-refractivity contribution in [2.75, 3.05) is 18.6 Å². The Morgan fingerprint density at radius 1 is 1.50 bits per heavy atom. The van der Waals surface area contributed by atoms with Crippen LogP contribution in [0.25, 0.3) is 0 Å². The van der Waals surface area contributed by atoms with Gasteiger partial charge in [0.1, 0.15) is 0 Å². The van der Waals surface area contributed by atoms with E-state index in [0.717, 1.165) is 6.54 Å². The summed E-state index contributed by atoms with van der Waals surface area (Å²) in [6.07, 6.45) is 3.40. The molecule has 0 aliphatic carbocycles. The normalized spacial score (nSPS) is 20.2. The van der Waals surface area contributed by atoms with Gasteiger partial charge in [0.25, 0.3) is 0 Å². The lowest BCUT2D eigenvalue weighted by atomic mass is 9.99. The summed E-state index contributed by atoms with van der Waals surface area (Å²) in [5.74, 6) is 2.44. The first-order valence-corrected chi connectivity index (χ1v) is 8.21. The average Bonchev–Trinajstić information content (AvgIpc) is 2.52. The fraction of sp³-hybridized carbons (Fsp3) is 0.538. The van der Waals surface area contributed by atoms with Gasteiger partial charge in [0.05, 0.1) is 0 Å². The lowest BCUT2D eigenvalue weighted by Gasteiger charge is -2.18. The Bertz CT molecular complexity index is 352. The molecule has 1 aromatic rings. The van der Waals surface area contributed by atoms with E-state index in [1.54, 1.807) is 0 Å². The van der Waals surface area contributed by atoms with E-state index in [1.165, 1.54) is 33.9 Å². The molecule has 1 unspecified atom stereocenters. The van der Waals surface area contributed by atoms with Gasteiger partial charge in [-0.3, -0.25) is 0 Å². The minimum atomic E-state index is 0.557. The molecule has 0 bridgehead atoms. The molecule has 0 aromatic heterocycles. The highest BCUT2D eigenvalue weighted by atomic mass is 32.2. The minimum Gasteiger partial charge on any atom is -0.310 e. The summed E-state index contributed by atoms with van der Waals surface area (Å²) < 4.78 is 0. The maximum atomic E-state index is 3.61. The maximum absolute atomic E-state index is 3.61. The van der Waals surface area contributed by atoms with E-state index in [0.29, 0.717) is 6.04 Å². The monoisotopic (exact) mass is 253 g/mol. The van der Waals surface area contributed by atoms with Gasteiger partial charge in [-0.15, -0.1) is 11.8 Å². The van der Waals surface area contributed by atoms with Crippen molar-refractivity contribution in [3.8, 4) is 0 Å². The Balaban J connectivity index is 2.33. The number of nitrogens with one attached hydrogen (secondary N) is 1. The summed E-state index contributed by atoms with van der Waals surface area (Å²) in [6, 6.07) is 7.49. The second-order valence-corrected chi connectivity index (χ2v) is 6.00. The van der Waals surface area contributed by atoms with Gasteiger partial charge in [-0.25, -0.2) is 0 Å². The van der Waals surface area contributed by atoms with E-state index >= 15 is 0 Å². The third-order valence-corrected chi connectivity index (χ3v) is 4.75. The van der Waals surface area contributed by atoms with Crippen LogP contribution in [0.2, 0.25) is 0 Å². The van der Waals surface area contributed by atoms with Crippen LogP contribution in [0.4, 0.5) is 0 Å². The van der Waals surface area contributed by atoms with Crippen molar-refractivity contribution in [3.63, 3.8) is 0 Å². The van der Waals surface area contributed by atoms with Gasteiger partial charge in [0.15, 0.2) is 0 Å². The highest BCUT2D eigenvalue weighted by Gasteiger charge is 2.18. The van der Waals surface area contributed by atoms with Crippen molar-refractivity contribution in [2.45, 2.75) is 30.0 Å². The predicted molar refractivity (Wildman–Crippen MR) is 75.4 cm³/mol. The van der Waals surface area contributed by atoms with E-state index in [1.807, 2.05) is 11.8 Å². The summed E-state index contributed by atoms with van der Waals surface area (Å²) >= 11 is 3.89. The largest absolute Gasteiger partial charge is 0.310 e. The molecule has 1 aliphatic heterocycles. The van der Waals surface area contributed by atoms with Crippen LogP contribution in [0.5, 0.6) is 0 Å². The molecule has 88 valence electrons. The number of benzene rings is 1. The molecule has 0 saturated carbocycles. The lowest BCUT2D eigenvalue weighted by molar-refractivity contribution is 0.540. The van der Waals surface area contributed by atoms with Crippen LogP contribution in [-0.4, -0.2) is 18.6 Å². The first-order valence-electron chi connectivity index (χ1n) is 5.83. The van der Waals surface area contributed by atoms with E-state index in [2.05, 4.69) is 48.5 Å². The molecule has 1 atom stereocenters. The number of rotatable bonds is 3. The molecule has 2 rings (SSSR count). The highest BCUT2D eigenvalue weighted by molar-refractivity contribution is 7.98. The van der Waals surface area contributed by atoms with Crippen LogP contribution >= 0.6 is 23.5 Å². The quantitative estimate of drug-likeness (QED) is 0.825. The van der Waals surface area contributed by atoms with Gasteiger partial charge < -0.3 is 5.32 Å². The second-order valence-electron chi connectivity index (χ2n) is 4.02. The molecular weight excluding hydrogens is 234 g/mol. The summed E-state index contributed by atoms with van der Waals surface area (Å²) in [5.41, 5.74) is 3.05. The summed E-state index contributed by atoms with van der Waals surface area (Å²) in [6.45, 7) is 3.24. The molecule has 1 aromatic carbocycles. The molecule has 0 spiro atoms. The van der Waals surface area contributed by atoms with Crippen LogP contribution in [0.3, 0.4) is 0 Å². The molecule has 0 fully saturated rings. The Morgan fingerprint density at radius 3 is 3.12 bits per heavy atom. The summed E-state index contributed by atoms with van der Waals surface area (Å²) in [4.78, 5) is 1.38. The molecule has 16 heavy (non-hydrogen) atoms. The van der Waals surface area contributed by atoms with Crippen LogP contribution in [0, 0.1) is 0 Å². The molecule has 0 amide bonds. The second kappa shape index (κ2) is 5.99. The van der Waals surface area contributed by atoms with E-state index < -0.39 is 0 Å². The molecule has 0 radical (unpaired) electrons. The Labute approximate surface area is 107 Å². The number of fused-ring (bicyclic) bond motifs is 1. The van der Waals surface area contributed by atoms with Gasteiger partial charge in [0, 0.05) is 16.7 Å². The molecule has 1 aliphatic rings. The molecule has 1 heterocycles. The average molecular weight is 253 g/mol. The van der Waals surface area contributed by atoms with Crippen LogP contribution < -0.4 is 5.32 Å². The standard InChI is InChI=1S/C13H19NS2/c1-3-14-13-6-7-16-9-10-4-5-11(15-2)8-12(10)13/h4-5,8,13-14H,3,6-7,9H2,1-2H3. The van der Waals surface area contributed by atoms with Gasteiger partial charge in [-0.05, 0) is 48.2 Å². The predicted octanol–water partition coefficient (Wildman–Crippen LogP) is 3.70. The van der Waals surface area contributed by atoms with Gasteiger partial charge in [-0.1, -0.05) is 13.0 Å². The van der Waals surface area contributed by atoms with Gasteiger partial charge >= 0.3 is 0 Å². The number of hydrogen-bond acceptors (Lipinski definition) is 3. The lowest BCUT2D eigenvalue weighted by Crippen LogP contribution is -2.21. The Morgan fingerprint density at radius 2 is 2.38 bits per heavy atom. The number of thioether (sulfide) groups is 2. The smallest absolute Gasteiger partial charge is 0.0331 e. The molecule has 1 N–H and O–H groups in total. The molecule has 1 nitrogen and oxygen atoms in total. The zero-order chi connectivity index (χ0) is 11.4. The van der Waals surface area contributed by atoms with E-state index in [4.69, 9.17) is 0 Å². The fourth-order valence-corrected chi connectivity index (χ4v) is 3.63. The molecule has 3 heteroatoms. The topological polar surface area (TPSA) is 12.0 Å². The zero-order valence-electron chi connectivity index (χ0n) is 9.95. The third kappa shape index (κ3) is 2.76. The first-order chi connectivity index (χ1) is 7.85. The maximum Gasteiger partial charge on any atom is 0.0331 e. The van der Waals surface area contributed by atoms with Crippen LogP contribution in [-0.2, 0) is 5.75 Å². The zero-order valence-corrected chi connectivity index (χ0v) is 11.6. The van der Waals surface area contributed by atoms with Crippen molar-refractivity contribution in [1.82, 2.24) is 5.32 Å².